The van der Waals surface area contributed by atoms with Gasteiger partial charge in [-0.1, -0.05) is 158 Å². The van der Waals surface area contributed by atoms with Gasteiger partial charge in [0.2, 0.25) is 0 Å². The normalized spacial score (nSPS) is 11.0. The van der Waals surface area contributed by atoms with Crippen molar-refractivity contribution in [1.82, 2.24) is 0 Å². The Kier molecular flexibility index (Phi) is 9.38. The predicted molar refractivity (Wildman–Crippen MR) is 186 cm³/mol. The summed E-state index contributed by atoms with van der Waals surface area (Å²) in [5, 5.41) is 5.40. The van der Waals surface area contributed by atoms with Crippen LogP contribution in [0.1, 0.15) is 0 Å². The van der Waals surface area contributed by atoms with Crippen LogP contribution >= 0.6 is 16.1 Å². The van der Waals surface area contributed by atoms with Crippen LogP contribution in [0.4, 0.5) is 11.4 Å². The van der Waals surface area contributed by atoms with Gasteiger partial charge in [0, 0.05) is 45.7 Å². The highest BCUT2D eigenvalue weighted by Gasteiger charge is 2.27. The quantitative estimate of drug-likeness (QED) is 0.143. The van der Waals surface area contributed by atoms with Crippen LogP contribution in [0.25, 0.3) is 0 Å². The molecular formula is C38H34N2P2. The zero-order valence-electron chi connectivity index (χ0n) is 23.5. The van der Waals surface area contributed by atoms with Crippen LogP contribution in [0.15, 0.2) is 182 Å². The zero-order valence-corrected chi connectivity index (χ0v) is 25.3. The maximum atomic E-state index is 2.64. The van der Waals surface area contributed by atoms with E-state index in [1.165, 1.54) is 32.6 Å². The van der Waals surface area contributed by atoms with Crippen molar-refractivity contribution in [2.24, 2.45) is 0 Å². The monoisotopic (exact) mass is 580 g/mol. The molecule has 0 amide bonds. The van der Waals surface area contributed by atoms with E-state index in [4.69, 9.17) is 0 Å². The van der Waals surface area contributed by atoms with Gasteiger partial charge in [-0.05, 0) is 24.3 Å². The summed E-state index contributed by atoms with van der Waals surface area (Å²) in [4.78, 5) is 0. The van der Waals surface area contributed by atoms with E-state index in [1.807, 2.05) is 0 Å². The minimum atomic E-state index is -0.804. The summed E-state index contributed by atoms with van der Waals surface area (Å²) in [7, 11) is -1.61. The molecule has 0 bridgehead atoms. The van der Waals surface area contributed by atoms with Crippen molar-refractivity contribution in [3.63, 3.8) is 0 Å². The third-order valence-electron chi connectivity index (χ3n) is 7.12. The Balaban J connectivity index is 1.45. The van der Waals surface area contributed by atoms with Crippen LogP contribution in [-0.2, 0) is 0 Å². The molecule has 0 aliphatic heterocycles. The highest BCUT2D eigenvalue weighted by molar-refractivity contribution is 7.75. The molecule has 0 N–H and O–H groups in total. The molecule has 0 heterocycles. The fraction of sp³-hybridized carbons (Fsp3) is 0.0526. The second kappa shape index (κ2) is 14.1. The highest BCUT2D eigenvalue weighted by Crippen LogP contribution is 2.45. The van der Waals surface area contributed by atoms with Gasteiger partial charge in [0.05, 0.1) is 16.1 Å². The molecule has 6 aromatic carbocycles. The number of hydrogen-bond donors (Lipinski definition) is 0. The Bertz CT molecular complexity index is 1410. The van der Waals surface area contributed by atoms with E-state index < -0.39 is 16.1 Å². The average Bonchev–Trinajstić information content (AvgIpc) is 3.08. The molecule has 0 fully saturated rings. The van der Waals surface area contributed by atoms with Gasteiger partial charge in [0.1, 0.15) is 0 Å². The molecule has 0 aliphatic rings. The molecule has 0 atom stereocenters. The predicted octanol–water partition coefficient (Wildman–Crippen LogP) is 8.10. The Morgan fingerprint density at radius 2 is 0.500 bits per heavy atom. The van der Waals surface area contributed by atoms with Crippen molar-refractivity contribution in [1.29, 1.82) is 0 Å². The number of hydrogen-bond acceptors (Lipinski definition) is 2. The summed E-state index contributed by atoms with van der Waals surface area (Å²) in [6.45, 7) is 1.74. The van der Waals surface area contributed by atoms with Gasteiger partial charge in [-0.15, -0.1) is 0 Å². The number of benzene rings is 6. The largest absolute Gasteiger partial charge is 0.341 e. The van der Waals surface area contributed by atoms with Gasteiger partial charge in [-0.25, -0.2) is 0 Å². The third kappa shape index (κ3) is 6.63. The van der Waals surface area contributed by atoms with Crippen molar-refractivity contribution < 1.29 is 0 Å². The van der Waals surface area contributed by atoms with Crippen LogP contribution in [-0.4, -0.2) is 13.1 Å². The van der Waals surface area contributed by atoms with Gasteiger partial charge in [0.25, 0.3) is 0 Å². The summed E-state index contributed by atoms with van der Waals surface area (Å²) >= 11 is 0. The third-order valence-corrected chi connectivity index (χ3v) is 12.1. The molecular weight excluding hydrogens is 546 g/mol. The molecule has 0 saturated carbocycles. The fourth-order valence-electron chi connectivity index (χ4n) is 5.21. The second-order valence-corrected chi connectivity index (χ2v) is 14.2. The van der Waals surface area contributed by atoms with Crippen molar-refractivity contribution in [2.45, 2.75) is 0 Å². The maximum absolute atomic E-state index is 2.64. The van der Waals surface area contributed by atoms with Crippen molar-refractivity contribution in [2.75, 3.05) is 22.4 Å². The maximum Gasteiger partial charge on any atom is 0.0550 e. The van der Waals surface area contributed by atoms with E-state index in [0.29, 0.717) is 0 Å². The smallest absolute Gasteiger partial charge is 0.0550 e. The summed E-state index contributed by atoms with van der Waals surface area (Å²) in [6, 6.07) is 65.9. The first kappa shape index (κ1) is 27.9. The molecule has 0 spiro atoms. The Morgan fingerprint density at radius 1 is 0.286 bits per heavy atom. The first-order valence-corrected chi connectivity index (χ1v) is 16.9. The highest BCUT2D eigenvalue weighted by atomic mass is 31.1. The van der Waals surface area contributed by atoms with Gasteiger partial charge in [-0.2, -0.15) is 0 Å². The molecule has 4 heteroatoms. The lowest BCUT2D eigenvalue weighted by Crippen LogP contribution is -2.37. The van der Waals surface area contributed by atoms with Crippen molar-refractivity contribution >= 4 is 48.7 Å². The number of nitrogens with zero attached hydrogens (tertiary/aromatic N) is 2. The van der Waals surface area contributed by atoms with Crippen LogP contribution in [0, 0.1) is 0 Å². The van der Waals surface area contributed by atoms with E-state index in [9.17, 15) is 0 Å². The van der Waals surface area contributed by atoms with Crippen molar-refractivity contribution in [3.05, 3.63) is 182 Å². The Morgan fingerprint density at radius 3 is 0.738 bits per heavy atom. The molecule has 0 radical (unpaired) electrons. The minimum absolute atomic E-state index is 0.804. The summed E-state index contributed by atoms with van der Waals surface area (Å²) in [6.07, 6.45) is 0. The Labute approximate surface area is 252 Å². The van der Waals surface area contributed by atoms with E-state index in [0.717, 1.165) is 13.1 Å². The summed E-state index contributed by atoms with van der Waals surface area (Å²) < 4.78 is 5.28. The van der Waals surface area contributed by atoms with Gasteiger partial charge in [0.15, 0.2) is 0 Å². The summed E-state index contributed by atoms with van der Waals surface area (Å²) in [5.41, 5.74) is 2.49. The zero-order chi connectivity index (χ0) is 28.4. The number of para-hydroxylation sites is 2. The molecule has 0 aromatic heterocycles. The topological polar surface area (TPSA) is 6.48 Å². The fourth-order valence-corrected chi connectivity index (χ4v) is 10.0. The van der Waals surface area contributed by atoms with E-state index in [-0.39, 0.29) is 0 Å². The van der Waals surface area contributed by atoms with Crippen LogP contribution < -0.4 is 30.6 Å². The lowest BCUT2D eigenvalue weighted by molar-refractivity contribution is 0.959. The second-order valence-electron chi connectivity index (χ2n) is 9.88. The molecule has 42 heavy (non-hydrogen) atoms. The standard InChI is InChI=1S/C38H34N2P2/c1-7-19-33(20-8-1)39(41(35-23-11-3-12-24-35)36-25-13-4-14-26-36)31-32-40(34-21-9-2-10-22-34)42(37-27-15-5-16-28-37)38-29-17-6-18-30-38/h1-30H,31-32H2. The Hall–Kier alpha value is -4.22. The van der Waals surface area contributed by atoms with Gasteiger partial charge in [-0.3, -0.25) is 0 Å². The van der Waals surface area contributed by atoms with E-state index in [1.54, 1.807) is 0 Å². The molecule has 0 saturated heterocycles. The number of rotatable bonds is 11. The van der Waals surface area contributed by atoms with Gasteiger partial charge >= 0.3 is 0 Å². The SMILES string of the molecule is c1ccc(N(CCN(c2ccccc2)P(c2ccccc2)c2ccccc2)P(c2ccccc2)c2ccccc2)cc1. The first-order chi connectivity index (χ1) is 20.9. The number of anilines is 2. The molecule has 2 nitrogen and oxygen atoms in total. The van der Waals surface area contributed by atoms with Gasteiger partial charge < -0.3 is 9.34 Å². The molecule has 6 aromatic rings. The van der Waals surface area contributed by atoms with Crippen LogP contribution in [0.3, 0.4) is 0 Å². The summed E-state index contributed by atoms with van der Waals surface area (Å²) in [5.74, 6) is 0. The average molecular weight is 581 g/mol. The van der Waals surface area contributed by atoms with Crippen LogP contribution in [0.5, 0.6) is 0 Å². The van der Waals surface area contributed by atoms with Crippen LogP contribution in [0.2, 0.25) is 0 Å². The van der Waals surface area contributed by atoms with E-state index in [2.05, 4.69) is 191 Å². The molecule has 206 valence electrons. The first-order valence-electron chi connectivity index (χ1n) is 14.3. The minimum Gasteiger partial charge on any atom is -0.341 e. The molecule has 6 rings (SSSR count). The molecule has 0 aliphatic carbocycles. The van der Waals surface area contributed by atoms with E-state index >= 15 is 0 Å². The lowest BCUT2D eigenvalue weighted by Gasteiger charge is -2.39. The molecule has 0 unspecified atom stereocenters. The lowest BCUT2D eigenvalue weighted by atomic mass is 10.3. The van der Waals surface area contributed by atoms with Crippen molar-refractivity contribution in [3.8, 4) is 0 Å².